The van der Waals surface area contributed by atoms with Gasteiger partial charge in [-0.1, -0.05) is 12.1 Å². The SMILES string of the molecule is CCN(Cc1cccc(F)c1)C(=O)[C@@H]1CCCN(C(=O)OC(C)(C)C)C1. The summed E-state index contributed by atoms with van der Waals surface area (Å²) in [5, 5.41) is 0. The molecule has 0 saturated carbocycles. The molecule has 1 aliphatic heterocycles. The number of carbonyl (C=O) groups excluding carboxylic acids is 2. The number of amides is 2. The molecule has 2 rings (SSSR count). The molecule has 0 radical (unpaired) electrons. The van der Waals surface area contributed by atoms with E-state index in [9.17, 15) is 14.0 Å². The fraction of sp³-hybridized carbons (Fsp3) is 0.600. The molecule has 1 aliphatic rings. The van der Waals surface area contributed by atoms with Crippen molar-refractivity contribution in [2.75, 3.05) is 19.6 Å². The maximum absolute atomic E-state index is 13.4. The Morgan fingerprint density at radius 1 is 1.35 bits per heavy atom. The second-order valence-electron chi connectivity index (χ2n) is 7.75. The van der Waals surface area contributed by atoms with Gasteiger partial charge in [-0.25, -0.2) is 9.18 Å². The molecule has 0 spiro atoms. The van der Waals surface area contributed by atoms with E-state index in [1.165, 1.54) is 12.1 Å². The van der Waals surface area contributed by atoms with Gasteiger partial charge in [-0.2, -0.15) is 0 Å². The molecule has 6 heteroatoms. The number of ether oxygens (including phenoxy) is 1. The summed E-state index contributed by atoms with van der Waals surface area (Å²) in [5.74, 6) is -0.547. The van der Waals surface area contributed by atoms with Crippen LogP contribution >= 0.6 is 0 Å². The van der Waals surface area contributed by atoms with Gasteiger partial charge < -0.3 is 14.5 Å². The van der Waals surface area contributed by atoms with Crippen molar-refractivity contribution in [3.63, 3.8) is 0 Å². The number of carbonyl (C=O) groups is 2. The lowest BCUT2D eigenvalue weighted by Gasteiger charge is -2.35. The van der Waals surface area contributed by atoms with Crippen LogP contribution in [0.2, 0.25) is 0 Å². The lowest BCUT2D eigenvalue weighted by molar-refractivity contribution is -0.137. The van der Waals surface area contributed by atoms with Crippen LogP contribution in [-0.4, -0.2) is 47.0 Å². The first-order valence-electron chi connectivity index (χ1n) is 9.20. The van der Waals surface area contributed by atoms with Gasteiger partial charge in [0.15, 0.2) is 0 Å². The van der Waals surface area contributed by atoms with Crippen LogP contribution in [0.1, 0.15) is 46.1 Å². The lowest BCUT2D eigenvalue weighted by atomic mass is 9.96. The first kappa shape index (κ1) is 20.2. The summed E-state index contributed by atoms with van der Waals surface area (Å²) < 4.78 is 18.8. The first-order valence-corrected chi connectivity index (χ1v) is 9.20. The van der Waals surface area contributed by atoms with Crippen molar-refractivity contribution in [1.82, 2.24) is 9.80 Å². The van der Waals surface area contributed by atoms with E-state index >= 15 is 0 Å². The first-order chi connectivity index (χ1) is 12.2. The normalized spacial score (nSPS) is 17.7. The molecule has 1 fully saturated rings. The highest BCUT2D eigenvalue weighted by Crippen LogP contribution is 2.22. The van der Waals surface area contributed by atoms with Crippen LogP contribution in [0, 0.1) is 11.7 Å². The predicted molar refractivity (Wildman–Crippen MR) is 98.0 cm³/mol. The summed E-state index contributed by atoms with van der Waals surface area (Å²) in [6.45, 7) is 9.28. The summed E-state index contributed by atoms with van der Waals surface area (Å²) in [5.41, 5.74) is 0.209. The molecule has 0 N–H and O–H groups in total. The Hall–Kier alpha value is -2.11. The molecule has 1 atom stereocenters. The number of benzene rings is 1. The molecule has 2 amide bonds. The van der Waals surface area contributed by atoms with Crippen LogP contribution < -0.4 is 0 Å². The monoisotopic (exact) mass is 364 g/mol. The third kappa shape index (κ3) is 5.71. The largest absolute Gasteiger partial charge is 0.444 e. The number of hydrogen-bond acceptors (Lipinski definition) is 3. The zero-order chi connectivity index (χ0) is 19.3. The van der Waals surface area contributed by atoms with Crippen molar-refractivity contribution in [2.45, 2.75) is 52.7 Å². The second kappa shape index (κ2) is 8.52. The zero-order valence-corrected chi connectivity index (χ0v) is 16.1. The third-order valence-corrected chi connectivity index (χ3v) is 4.38. The fourth-order valence-corrected chi connectivity index (χ4v) is 3.13. The fourth-order valence-electron chi connectivity index (χ4n) is 3.13. The Morgan fingerprint density at radius 3 is 2.69 bits per heavy atom. The molecule has 1 aromatic rings. The predicted octanol–water partition coefficient (Wildman–Crippen LogP) is 3.82. The van der Waals surface area contributed by atoms with E-state index in [0.717, 1.165) is 18.4 Å². The van der Waals surface area contributed by atoms with Crippen LogP contribution in [-0.2, 0) is 16.1 Å². The minimum absolute atomic E-state index is 0.00465. The van der Waals surface area contributed by atoms with Gasteiger partial charge in [0.25, 0.3) is 0 Å². The minimum atomic E-state index is -0.555. The van der Waals surface area contributed by atoms with Crippen molar-refractivity contribution < 1.29 is 18.7 Å². The maximum atomic E-state index is 13.4. The van der Waals surface area contributed by atoms with Crippen LogP contribution in [0.15, 0.2) is 24.3 Å². The average Bonchev–Trinajstić information content (AvgIpc) is 2.58. The number of nitrogens with zero attached hydrogens (tertiary/aromatic N) is 2. The molecule has 0 unspecified atom stereocenters. The number of halogens is 1. The van der Waals surface area contributed by atoms with E-state index < -0.39 is 5.60 Å². The Balaban J connectivity index is 2.01. The van der Waals surface area contributed by atoms with Gasteiger partial charge in [0.1, 0.15) is 11.4 Å². The number of rotatable bonds is 4. The highest BCUT2D eigenvalue weighted by Gasteiger charge is 2.32. The smallest absolute Gasteiger partial charge is 0.410 e. The topological polar surface area (TPSA) is 49.9 Å². The van der Waals surface area contributed by atoms with Crippen LogP contribution in [0.25, 0.3) is 0 Å². The van der Waals surface area contributed by atoms with Gasteiger partial charge in [0.2, 0.25) is 5.91 Å². The van der Waals surface area contributed by atoms with E-state index in [1.807, 2.05) is 33.8 Å². The molecule has 1 saturated heterocycles. The van der Waals surface area contributed by atoms with Crippen LogP contribution in [0.4, 0.5) is 9.18 Å². The molecular weight excluding hydrogens is 335 g/mol. The van der Waals surface area contributed by atoms with Crippen molar-refractivity contribution >= 4 is 12.0 Å². The summed E-state index contributed by atoms with van der Waals surface area (Å²) in [7, 11) is 0. The Labute approximate surface area is 155 Å². The van der Waals surface area contributed by atoms with E-state index in [2.05, 4.69) is 0 Å². The Kier molecular flexibility index (Phi) is 6.62. The van der Waals surface area contributed by atoms with Crippen molar-refractivity contribution in [1.29, 1.82) is 0 Å². The van der Waals surface area contributed by atoms with Gasteiger partial charge in [-0.05, 0) is 58.2 Å². The summed E-state index contributed by atoms with van der Waals surface area (Å²) in [6.07, 6.45) is 1.15. The molecule has 0 bridgehead atoms. The number of hydrogen-bond donors (Lipinski definition) is 0. The summed E-state index contributed by atoms with van der Waals surface area (Å²) in [6, 6.07) is 6.30. The van der Waals surface area contributed by atoms with E-state index in [1.54, 1.807) is 15.9 Å². The maximum Gasteiger partial charge on any atom is 0.410 e. The van der Waals surface area contributed by atoms with Gasteiger partial charge in [0.05, 0.1) is 5.92 Å². The lowest BCUT2D eigenvalue weighted by Crippen LogP contribution is -2.47. The molecule has 0 aromatic heterocycles. The Bertz CT molecular complexity index is 642. The minimum Gasteiger partial charge on any atom is -0.444 e. The van der Waals surface area contributed by atoms with E-state index in [4.69, 9.17) is 4.74 Å². The molecular formula is C20H29FN2O3. The van der Waals surface area contributed by atoms with Crippen molar-refractivity contribution in [3.8, 4) is 0 Å². The van der Waals surface area contributed by atoms with E-state index in [0.29, 0.717) is 26.2 Å². The molecule has 5 nitrogen and oxygen atoms in total. The van der Waals surface area contributed by atoms with Gasteiger partial charge in [-0.3, -0.25) is 4.79 Å². The quantitative estimate of drug-likeness (QED) is 0.816. The number of piperidine rings is 1. The molecule has 1 aromatic carbocycles. The Morgan fingerprint density at radius 2 is 2.08 bits per heavy atom. The summed E-state index contributed by atoms with van der Waals surface area (Å²) >= 11 is 0. The molecule has 1 heterocycles. The number of likely N-dealkylation sites (tertiary alicyclic amines) is 1. The van der Waals surface area contributed by atoms with Crippen LogP contribution in [0.5, 0.6) is 0 Å². The average molecular weight is 364 g/mol. The third-order valence-electron chi connectivity index (χ3n) is 4.38. The van der Waals surface area contributed by atoms with Crippen LogP contribution in [0.3, 0.4) is 0 Å². The van der Waals surface area contributed by atoms with Crippen molar-refractivity contribution in [2.24, 2.45) is 5.92 Å². The molecule has 26 heavy (non-hydrogen) atoms. The summed E-state index contributed by atoms with van der Waals surface area (Å²) in [4.78, 5) is 28.6. The zero-order valence-electron chi connectivity index (χ0n) is 16.1. The van der Waals surface area contributed by atoms with Gasteiger partial charge >= 0.3 is 6.09 Å². The highest BCUT2D eigenvalue weighted by molar-refractivity contribution is 5.80. The molecule has 0 aliphatic carbocycles. The van der Waals surface area contributed by atoms with E-state index in [-0.39, 0.29) is 23.7 Å². The van der Waals surface area contributed by atoms with Gasteiger partial charge in [0, 0.05) is 26.2 Å². The molecule has 144 valence electrons. The second-order valence-corrected chi connectivity index (χ2v) is 7.75. The standard InChI is InChI=1S/C20H29FN2O3/c1-5-22(13-15-8-6-10-17(21)12-15)18(24)16-9-7-11-23(14-16)19(25)26-20(2,3)4/h6,8,10,12,16H,5,7,9,11,13-14H2,1-4H3/t16-/m1/s1. The van der Waals surface area contributed by atoms with Crippen molar-refractivity contribution in [3.05, 3.63) is 35.6 Å². The highest BCUT2D eigenvalue weighted by atomic mass is 19.1. The van der Waals surface area contributed by atoms with Gasteiger partial charge in [-0.15, -0.1) is 0 Å².